The highest BCUT2D eigenvalue weighted by molar-refractivity contribution is 5.96. The van der Waals surface area contributed by atoms with Crippen LogP contribution in [-0.2, 0) is 11.2 Å². The second-order valence-electron chi connectivity index (χ2n) is 9.43. The van der Waals surface area contributed by atoms with Crippen molar-refractivity contribution in [3.8, 4) is 11.5 Å². The SMILES string of the molecule is Cc1ccc2c(c1)NCC(C(=O)Nc1cc(O)c(C3CCCC3)cc1CCCN(C)C)O2. The number of fused-ring (bicyclic) bond motifs is 1. The van der Waals surface area contributed by atoms with Crippen molar-refractivity contribution in [2.24, 2.45) is 0 Å². The molecule has 1 unspecified atom stereocenters. The quantitative estimate of drug-likeness (QED) is 0.587. The Morgan fingerprint density at radius 2 is 2.00 bits per heavy atom. The van der Waals surface area contributed by atoms with Gasteiger partial charge in [-0.2, -0.15) is 0 Å². The normalized spacial score (nSPS) is 18.2. The lowest BCUT2D eigenvalue weighted by atomic mass is 9.92. The number of rotatable bonds is 7. The molecule has 4 rings (SSSR count). The predicted molar refractivity (Wildman–Crippen MR) is 129 cm³/mol. The minimum Gasteiger partial charge on any atom is -0.508 e. The molecule has 1 atom stereocenters. The van der Waals surface area contributed by atoms with Crippen LogP contribution in [-0.4, -0.2) is 49.2 Å². The van der Waals surface area contributed by atoms with E-state index in [1.165, 1.54) is 12.8 Å². The molecule has 1 heterocycles. The maximum atomic E-state index is 13.1. The highest BCUT2D eigenvalue weighted by Gasteiger charge is 2.27. The van der Waals surface area contributed by atoms with Crippen LogP contribution in [0, 0.1) is 6.92 Å². The summed E-state index contributed by atoms with van der Waals surface area (Å²) >= 11 is 0. The van der Waals surface area contributed by atoms with Crippen LogP contribution in [0.25, 0.3) is 0 Å². The van der Waals surface area contributed by atoms with Crippen molar-refractivity contribution in [1.82, 2.24) is 4.90 Å². The molecule has 0 saturated heterocycles. The number of ether oxygens (including phenoxy) is 1. The average molecular weight is 438 g/mol. The Morgan fingerprint density at radius 3 is 2.75 bits per heavy atom. The smallest absolute Gasteiger partial charge is 0.267 e. The number of nitrogens with zero attached hydrogens (tertiary/aromatic N) is 1. The molecule has 32 heavy (non-hydrogen) atoms. The molecule has 2 aliphatic rings. The van der Waals surface area contributed by atoms with E-state index in [0.29, 0.717) is 23.9 Å². The molecule has 6 nitrogen and oxygen atoms in total. The van der Waals surface area contributed by atoms with Gasteiger partial charge in [0.1, 0.15) is 11.5 Å². The van der Waals surface area contributed by atoms with E-state index in [4.69, 9.17) is 4.74 Å². The monoisotopic (exact) mass is 437 g/mol. The first-order valence-electron chi connectivity index (χ1n) is 11.7. The number of carbonyl (C=O) groups excluding carboxylic acids is 1. The molecule has 1 amide bonds. The van der Waals surface area contributed by atoms with Crippen molar-refractivity contribution in [2.75, 3.05) is 37.8 Å². The molecule has 0 spiro atoms. The first-order valence-corrected chi connectivity index (χ1v) is 11.7. The molecular weight excluding hydrogens is 402 g/mol. The van der Waals surface area contributed by atoms with E-state index < -0.39 is 6.10 Å². The number of nitrogens with one attached hydrogen (secondary N) is 2. The number of aromatic hydroxyl groups is 1. The number of phenols is 1. The summed E-state index contributed by atoms with van der Waals surface area (Å²) in [5.74, 6) is 1.18. The number of amides is 1. The number of phenolic OH excluding ortho intramolecular Hbond substituents is 1. The molecule has 1 fully saturated rings. The van der Waals surface area contributed by atoms with Gasteiger partial charge in [0.05, 0.1) is 12.2 Å². The van der Waals surface area contributed by atoms with Gasteiger partial charge >= 0.3 is 0 Å². The van der Waals surface area contributed by atoms with Crippen LogP contribution in [0.1, 0.15) is 54.7 Å². The number of hydrogen-bond acceptors (Lipinski definition) is 5. The summed E-state index contributed by atoms with van der Waals surface area (Å²) in [4.78, 5) is 15.2. The van der Waals surface area contributed by atoms with E-state index in [2.05, 4.69) is 35.7 Å². The van der Waals surface area contributed by atoms with Crippen LogP contribution in [0.4, 0.5) is 11.4 Å². The standard InChI is InChI=1S/C26H35N3O3/c1-17-10-11-24-22(13-17)27-16-25(32-24)26(31)28-21-15-23(30)20(18-7-4-5-8-18)14-19(21)9-6-12-29(2)3/h10-11,13-15,18,25,27,30H,4-9,12,16H2,1-3H3,(H,28,31). The Hall–Kier alpha value is -2.73. The molecule has 0 aromatic heterocycles. The summed E-state index contributed by atoms with van der Waals surface area (Å²) in [6.45, 7) is 3.41. The zero-order valence-electron chi connectivity index (χ0n) is 19.4. The molecule has 1 aliphatic heterocycles. The van der Waals surface area contributed by atoms with Crippen molar-refractivity contribution in [1.29, 1.82) is 0 Å². The number of hydrogen-bond donors (Lipinski definition) is 3. The van der Waals surface area contributed by atoms with Gasteiger partial charge in [0, 0.05) is 11.8 Å². The third-order valence-electron chi connectivity index (χ3n) is 6.53. The van der Waals surface area contributed by atoms with E-state index >= 15 is 0 Å². The summed E-state index contributed by atoms with van der Waals surface area (Å²) in [6.07, 6.45) is 5.88. The van der Waals surface area contributed by atoms with Crippen molar-refractivity contribution in [3.05, 3.63) is 47.0 Å². The fourth-order valence-electron chi connectivity index (χ4n) is 4.77. The first kappa shape index (κ1) is 22.5. The highest BCUT2D eigenvalue weighted by Crippen LogP contribution is 2.41. The zero-order chi connectivity index (χ0) is 22.7. The third-order valence-corrected chi connectivity index (χ3v) is 6.53. The van der Waals surface area contributed by atoms with Crippen molar-refractivity contribution >= 4 is 17.3 Å². The average Bonchev–Trinajstić information content (AvgIpc) is 3.29. The Morgan fingerprint density at radius 1 is 1.22 bits per heavy atom. The summed E-state index contributed by atoms with van der Waals surface area (Å²) in [7, 11) is 4.13. The summed E-state index contributed by atoms with van der Waals surface area (Å²) in [6, 6.07) is 9.75. The topological polar surface area (TPSA) is 73.8 Å². The van der Waals surface area contributed by atoms with E-state index in [0.717, 1.165) is 54.6 Å². The lowest BCUT2D eigenvalue weighted by Crippen LogP contribution is -2.41. The van der Waals surface area contributed by atoms with Gasteiger partial charge in [-0.1, -0.05) is 18.9 Å². The lowest BCUT2D eigenvalue weighted by molar-refractivity contribution is -0.122. The second kappa shape index (κ2) is 9.82. The van der Waals surface area contributed by atoms with Gasteiger partial charge in [-0.05, 0) is 94.1 Å². The minimum atomic E-state index is -0.628. The largest absolute Gasteiger partial charge is 0.508 e. The van der Waals surface area contributed by atoms with Gasteiger partial charge < -0.3 is 25.4 Å². The van der Waals surface area contributed by atoms with Crippen molar-refractivity contribution in [3.63, 3.8) is 0 Å². The Balaban J connectivity index is 1.52. The maximum Gasteiger partial charge on any atom is 0.267 e. The van der Waals surface area contributed by atoms with Crippen LogP contribution >= 0.6 is 0 Å². The Bertz CT molecular complexity index is 967. The molecule has 0 radical (unpaired) electrons. The molecule has 6 heteroatoms. The number of anilines is 2. The number of carbonyl (C=O) groups is 1. The van der Waals surface area contributed by atoms with Crippen molar-refractivity contribution < 1.29 is 14.6 Å². The Kier molecular flexibility index (Phi) is 6.89. The molecule has 1 aliphatic carbocycles. The Labute approximate surface area is 191 Å². The lowest BCUT2D eigenvalue weighted by Gasteiger charge is -2.27. The molecule has 2 aromatic rings. The van der Waals surface area contributed by atoms with E-state index in [1.54, 1.807) is 6.07 Å². The fraction of sp³-hybridized carbons (Fsp3) is 0.500. The molecule has 2 aromatic carbocycles. The van der Waals surface area contributed by atoms with Gasteiger partial charge in [0.25, 0.3) is 5.91 Å². The summed E-state index contributed by atoms with van der Waals surface area (Å²) < 4.78 is 5.96. The highest BCUT2D eigenvalue weighted by atomic mass is 16.5. The molecule has 1 saturated carbocycles. The van der Waals surface area contributed by atoms with Crippen LogP contribution in [0.3, 0.4) is 0 Å². The van der Waals surface area contributed by atoms with Crippen LogP contribution in [0.2, 0.25) is 0 Å². The number of benzene rings is 2. The van der Waals surface area contributed by atoms with Gasteiger partial charge in [0.2, 0.25) is 0 Å². The van der Waals surface area contributed by atoms with E-state index in [9.17, 15) is 9.90 Å². The molecule has 3 N–H and O–H groups in total. The third kappa shape index (κ3) is 5.18. The van der Waals surface area contributed by atoms with Crippen LogP contribution < -0.4 is 15.4 Å². The zero-order valence-corrected chi connectivity index (χ0v) is 19.4. The van der Waals surface area contributed by atoms with Gasteiger partial charge in [-0.3, -0.25) is 4.79 Å². The minimum absolute atomic E-state index is 0.203. The van der Waals surface area contributed by atoms with E-state index in [-0.39, 0.29) is 11.7 Å². The maximum absolute atomic E-state index is 13.1. The fourth-order valence-corrected chi connectivity index (χ4v) is 4.77. The summed E-state index contributed by atoms with van der Waals surface area (Å²) in [5, 5.41) is 17.1. The van der Waals surface area contributed by atoms with Gasteiger partial charge in [-0.25, -0.2) is 0 Å². The van der Waals surface area contributed by atoms with Crippen LogP contribution in [0.5, 0.6) is 11.5 Å². The number of aryl methyl sites for hydroxylation is 2. The molecule has 0 bridgehead atoms. The van der Waals surface area contributed by atoms with Gasteiger partial charge in [0.15, 0.2) is 6.10 Å². The van der Waals surface area contributed by atoms with Gasteiger partial charge in [-0.15, -0.1) is 0 Å². The molecule has 172 valence electrons. The predicted octanol–water partition coefficient (Wildman–Crippen LogP) is 4.66. The van der Waals surface area contributed by atoms with Crippen LogP contribution in [0.15, 0.2) is 30.3 Å². The van der Waals surface area contributed by atoms with E-state index in [1.807, 2.05) is 25.1 Å². The first-order chi connectivity index (χ1) is 15.4. The molecular formula is C26H35N3O3. The van der Waals surface area contributed by atoms with Crippen molar-refractivity contribution in [2.45, 2.75) is 57.5 Å². The summed E-state index contributed by atoms with van der Waals surface area (Å²) in [5.41, 5.74) is 4.85. The second-order valence-corrected chi connectivity index (χ2v) is 9.43.